The number of benzene rings is 1. The van der Waals surface area contributed by atoms with Gasteiger partial charge < -0.3 is 10.2 Å². The highest BCUT2D eigenvalue weighted by Gasteiger charge is 2.21. The number of aromatic nitrogens is 2. The van der Waals surface area contributed by atoms with Crippen LogP contribution in [-0.2, 0) is 6.54 Å². The average molecular weight is 326 g/mol. The maximum Gasteiger partial charge on any atom is 0.273 e. The number of rotatable bonds is 5. The molecule has 5 nitrogen and oxygen atoms in total. The molecule has 1 aromatic heterocycles. The van der Waals surface area contributed by atoms with Crippen molar-refractivity contribution in [2.75, 3.05) is 5.32 Å². The van der Waals surface area contributed by atoms with E-state index in [4.69, 9.17) is 0 Å². The number of anilines is 1. The van der Waals surface area contributed by atoms with Gasteiger partial charge in [0.05, 0.1) is 0 Å². The summed E-state index contributed by atoms with van der Waals surface area (Å²) in [6, 6.07) is 11.7. The molecule has 1 N–H and O–H groups in total. The molecule has 0 spiro atoms. The van der Waals surface area contributed by atoms with E-state index in [9.17, 15) is 4.79 Å². The summed E-state index contributed by atoms with van der Waals surface area (Å²) < 4.78 is 0. The summed E-state index contributed by atoms with van der Waals surface area (Å²) in [7, 11) is 0. The topological polar surface area (TPSA) is 58.1 Å². The molecule has 0 aliphatic rings. The number of nitrogens with zero attached hydrogens (tertiary/aromatic N) is 3. The fourth-order valence-electron chi connectivity index (χ4n) is 2.29. The zero-order chi connectivity index (χ0) is 17.7. The summed E-state index contributed by atoms with van der Waals surface area (Å²) in [5.74, 6) is 0.380. The van der Waals surface area contributed by atoms with Crippen molar-refractivity contribution in [1.29, 1.82) is 0 Å². The fourth-order valence-corrected chi connectivity index (χ4v) is 2.29. The first-order valence-electron chi connectivity index (χ1n) is 8.22. The lowest BCUT2D eigenvalue weighted by atomic mass is 10.1. The van der Waals surface area contributed by atoms with E-state index in [1.165, 1.54) is 0 Å². The molecule has 0 bridgehead atoms. The minimum absolute atomic E-state index is 0.0756. The zero-order valence-corrected chi connectivity index (χ0v) is 15.1. The quantitative estimate of drug-likeness (QED) is 0.909. The van der Waals surface area contributed by atoms with Crippen LogP contribution in [0.3, 0.4) is 0 Å². The molecular formula is C19H26N4O. The third-order valence-corrected chi connectivity index (χ3v) is 3.44. The number of hydrogen-bond acceptors (Lipinski definition) is 4. The standard InChI is InChI=1S/C19H26N4O/c1-14(2)23(13-15-9-7-6-8-10-15)17(24)16-11-12-20-18(21-16)22-19(3,4)5/h6-12,14H,13H2,1-5H3,(H,20,21,22). The smallest absolute Gasteiger partial charge is 0.273 e. The number of nitrogens with one attached hydrogen (secondary N) is 1. The van der Waals surface area contributed by atoms with Gasteiger partial charge in [-0.05, 0) is 46.2 Å². The molecule has 0 unspecified atom stereocenters. The molecule has 2 rings (SSSR count). The van der Waals surface area contributed by atoms with Crippen molar-refractivity contribution in [2.24, 2.45) is 0 Å². The van der Waals surface area contributed by atoms with Crippen LogP contribution in [0.25, 0.3) is 0 Å². The maximum absolute atomic E-state index is 12.9. The predicted octanol–water partition coefficient (Wildman–Crippen LogP) is 3.74. The normalized spacial score (nSPS) is 11.4. The number of carbonyl (C=O) groups excluding carboxylic acids is 1. The van der Waals surface area contributed by atoms with Gasteiger partial charge in [0.2, 0.25) is 5.95 Å². The first-order chi connectivity index (χ1) is 11.3. The predicted molar refractivity (Wildman–Crippen MR) is 96.9 cm³/mol. The summed E-state index contributed by atoms with van der Waals surface area (Å²) in [5.41, 5.74) is 1.34. The van der Waals surface area contributed by atoms with Crippen molar-refractivity contribution in [3.63, 3.8) is 0 Å². The van der Waals surface area contributed by atoms with Gasteiger partial charge in [0.15, 0.2) is 0 Å². The van der Waals surface area contributed by atoms with Gasteiger partial charge in [-0.25, -0.2) is 9.97 Å². The Kier molecular flexibility index (Phi) is 5.54. The summed E-state index contributed by atoms with van der Waals surface area (Å²) in [6.07, 6.45) is 1.62. The molecule has 0 atom stereocenters. The Morgan fingerprint density at radius 3 is 2.42 bits per heavy atom. The molecular weight excluding hydrogens is 300 g/mol. The first-order valence-corrected chi connectivity index (χ1v) is 8.22. The maximum atomic E-state index is 12.9. The third-order valence-electron chi connectivity index (χ3n) is 3.44. The summed E-state index contributed by atoms with van der Waals surface area (Å²) in [4.78, 5) is 23.3. The van der Waals surface area contributed by atoms with Gasteiger partial charge >= 0.3 is 0 Å². The van der Waals surface area contributed by atoms with E-state index in [-0.39, 0.29) is 17.5 Å². The van der Waals surface area contributed by atoms with Crippen LogP contribution in [0.2, 0.25) is 0 Å². The van der Waals surface area contributed by atoms with Gasteiger partial charge in [-0.3, -0.25) is 4.79 Å². The second kappa shape index (κ2) is 7.43. The van der Waals surface area contributed by atoms with Crippen LogP contribution in [0.5, 0.6) is 0 Å². The van der Waals surface area contributed by atoms with Crippen LogP contribution in [0.15, 0.2) is 42.6 Å². The number of hydrogen-bond donors (Lipinski definition) is 1. The Morgan fingerprint density at radius 2 is 1.83 bits per heavy atom. The van der Waals surface area contributed by atoms with Gasteiger partial charge in [-0.1, -0.05) is 30.3 Å². The lowest BCUT2D eigenvalue weighted by molar-refractivity contribution is 0.0684. The molecule has 5 heteroatoms. The van der Waals surface area contributed by atoms with Crippen molar-refractivity contribution < 1.29 is 4.79 Å². The van der Waals surface area contributed by atoms with Gasteiger partial charge in [-0.15, -0.1) is 0 Å². The van der Waals surface area contributed by atoms with E-state index >= 15 is 0 Å². The van der Waals surface area contributed by atoms with Crippen molar-refractivity contribution >= 4 is 11.9 Å². The highest BCUT2D eigenvalue weighted by molar-refractivity contribution is 5.92. The summed E-state index contributed by atoms with van der Waals surface area (Å²) >= 11 is 0. The van der Waals surface area contributed by atoms with E-state index in [0.29, 0.717) is 18.2 Å². The second-order valence-electron chi connectivity index (χ2n) is 7.15. The molecule has 1 aromatic carbocycles. The van der Waals surface area contributed by atoms with Crippen LogP contribution in [-0.4, -0.2) is 32.4 Å². The van der Waals surface area contributed by atoms with E-state index in [2.05, 4.69) is 15.3 Å². The third kappa shape index (κ3) is 5.05. The van der Waals surface area contributed by atoms with E-state index in [1.807, 2.05) is 69.9 Å². The van der Waals surface area contributed by atoms with Crippen LogP contribution < -0.4 is 5.32 Å². The van der Waals surface area contributed by atoms with E-state index in [0.717, 1.165) is 5.56 Å². The van der Waals surface area contributed by atoms with Gasteiger partial charge in [0, 0.05) is 24.3 Å². The summed E-state index contributed by atoms with van der Waals surface area (Å²) in [6.45, 7) is 10.7. The molecule has 0 saturated carbocycles. The summed E-state index contributed by atoms with van der Waals surface area (Å²) in [5, 5.41) is 3.20. The van der Waals surface area contributed by atoms with Gasteiger partial charge in [0.1, 0.15) is 5.69 Å². The van der Waals surface area contributed by atoms with Crippen LogP contribution >= 0.6 is 0 Å². The highest BCUT2D eigenvalue weighted by atomic mass is 16.2. The van der Waals surface area contributed by atoms with Crippen LogP contribution in [0.1, 0.15) is 50.7 Å². The Bertz CT molecular complexity index is 677. The SMILES string of the molecule is CC(C)N(Cc1ccccc1)C(=O)c1ccnc(NC(C)(C)C)n1. The molecule has 2 aromatic rings. The van der Waals surface area contributed by atoms with Crippen molar-refractivity contribution in [3.05, 3.63) is 53.9 Å². The molecule has 24 heavy (non-hydrogen) atoms. The highest BCUT2D eigenvalue weighted by Crippen LogP contribution is 2.14. The van der Waals surface area contributed by atoms with Crippen LogP contribution in [0.4, 0.5) is 5.95 Å². The minimum Gasteiger partial charge on any atom is -0.350 e. The van der Waals surface area contributed by atoms with Crippen molar-refractivity contribution in [2.45, 2.75) is 52.7 Å². The monoisotopic (exact) mass is 326 g/mol. The Hall–Kier alpha value is -2.43. The van der Waals surface area contributed by atoms with E-state index < -0.39 is 0 Å². The zero-order valence-electron chi connectivity index (χ0n) is 15.1. The molecule has 0 radical (unpaired) electrons. The molecule has 0 aliphatic carbocycles. The van der Waals surface area contributed by atoms with Gasteiger partial charge in [-0.2, -0.15) is 0 Å². The average Bonchev–Trinajstić information content (AvgIpc) is 2.51. The number of carbonyl (C=O) groups is 1. The van der Waals surface area contributed by atoms with Crippen molar-refractivity contribution in [3.8, 4) is 0 Å². The molecule has 128 valence electrons. The second-order valence-corrected chi connectivity index (χ2v) is 7.15. The molecule has 1 amide bonds. The lowest BCUT2D eigenvalue weighted by Gasteiger charge is -2.27. The Labute approximate surface area is 144 Å². The largest absolute Gasteiger partial charge is 0.350 e. The molecule has 1 heterocycles. The lowest BCUT2D eigenvalue weighted by Crippen LogP contribution is -2.37. The van der Waals surface area contributed by atoms with Crippen molar-refractivity contribution in [1.82, 2.24) is 14.9 Å². The fraction of sp³-hybridized carbons (Fsp3) is 0.421. The Balaban J connectivity index is 2.22. The molecule has 0 fully saturated rings. The molecule has 0 saturated heterocycles. The van der Waals surface area contributed by atoms with Gasteiger partial charge in [0.25, 0.3) is 5.91 Å². The number of amides is 1. The first kappa shape index (κ1) is 17.9. The molecule has 0 aliphatic heterocycles. The Morgan fingerprint density at radius 1 is 1.17 bits per heavy atom. The minimum atomic E-state index is -0.163. The van der Waals surface area contributed by atoms with E-state index in [1.54, 1.807) is 12.3 Å². The van der Waals surface area contributed by atoms with Crippen LogP contribution in [0, 0.1) is 0 Å².